The van der Waals surface area contributed by atoms with Crippen LogP contribution in [-0.4, -0.2) is 45.7 Å². The molecule has 2 aliphatic rings. The van der Waals surface area contributed by atoms with Crippen LogP contribution in [0.25, 0.3) is 10.9 Å². The highest BCUT2D eigenvalue weighted by atomic mass is 19.1. The van der Waals surface area contributed by atoms with Gasteiger partial charge in [-0.3, -0.25) is 14.4 Å². The minimum absolute atomic E-state index is 0.00104. The molecule has 1 amide bonds. The Hall–Kier alpha value is -3.43. The van der Waals surface area contributed by atoms with Gasteiger partial charge >= 0.3 is 11.9 Å². The first kappa shape index (κ1) is 18.0. The van der Waals surface area contributed by atoms with Gasteiger partial charge in [0, 0.05) is 19.3 Å². The van der Waals surface area contributed by atoms with Crippen LogP contribution in [0.2, 0.25) is 0 Å². The number of hydrogen-bond donors (Lipinski definition) is 3. The number of fused-ring (bicyclic) bond motifs is 2. The van der Waals surface area contributed by atoms with Crippen molar-refractivity contribution < 1.29 is 29.0 Å². The molecule has 0 spiro atoms. The first-order chi connectivity index (χ1) is 13.2. The molecule has 1 aromatic heterocycles. The van der Waals surface area contributed by atoms with Crippen LogP contribution in [0.5, 0.6) is 0 Å². The zero-order chi connectivity index (χ0) is 20.3. The number of pyridine rings is 1. The van der Waals surface area contributed by atoms with Gasteiger partial charge in [-0.2, -0.15) is 0 Å². The van der Waals surface area contributed by atoms with E-state index in [1.807, 2.05) is 0 Å². The van der Waals surface area contributed by atoms with Gasteiger partial charge in [0.25, 0.3) is 0 Å². The van der Waals surface area contributed by atoms with Gasteiger partial charge in [-0.25, -0.2) is 9.18 Å². The number of hydrogen-bond acceptors (Lipinski definition) is 5. The van der Waals surface area contributed by atoms with E-state index in [2.05, 4.69) is 5.32 Å². The maximum absolute atomic E-state index is 15.6. The lowest BCUT2D eigenvalue weighted by molar-refractivity contribution is -0.139. The second kappa shape index (κ2) is 6.04. The van der Waals surface area contributed by atoms with Crippen molar-refractivity contribution in [2.24, 2.45) is 0 Å². The maximum atomic E-state index is 15.6. The number of anilines is 2. The summed E-state index contributed by atoms with van der Waals surface area (Å²) < 4.78 is 17.0. The number of carboxylic acids is 2. The summed E-state index contributed by atoms with van der Waals surface area (Å²) in [4.78, 5) is 48.6. The van der Waals surface area contributed by atoms with Gasteiger partial charge in [-0.05, 0) is 18.9 Å². The zero-order valence-electron chi connectivity index (χ0n) is 14.7. The molecule has 10 heteroatoms. The van der Waals surface area contributed by atoms with E-state index in [0.29, 0.717) is 0 Å². The predicted molar refractivity (Wildman–Crippen MR) is 96.5 cm³/mol. The Morgan fingerprint density at radius 3 is 2.54 bits per heavy atom. The molecular formula is C18H16FN3O6. The fourth-order valence-corrected chi connectivity index (χ4v) is 3.64. The van der Waals surface area contributed by atoms with Gasteiger partial charge in [0.05, 0.1) is 28.7 Å². The Balaban J connectivity index is 2.02. The summed E-state index contributed by atoms with van der Waals surface area (Å²) in [5, 5.41) is 20.6. The van der Waals surface area contributed by atoms with Crippen LogP contribution in [0.3, 0.4) is 0 Å². The fraction of sp³-hybridized carbons (Fsp3) is 0.333. The van der Waals surface area contributed by atoms with Crippen LogP contribution >= 0.6 is 0 Å². The number of nitrogens with zero attached hydrogens (tertiary/aromatic N) is 2. The molecular weight excluding hydrogens is 373 g/mol. The average Bonchev–Trinajstić information content (AvgIpc) is 3.43. The standard InChI is InChI=1S/C18H16FN3O6/c1-21-11(5-12(23)24)17(26)20-10-4-8-14(13(19)15(10)21)22(7-2-3-7)6-9(16(8)25)18(27)28/h4,6-7,11H,2-3,5H2,1H3,(H,20,26)(H,23,24)(H,27,28). The minimum atomic E-state index is -1.41. The number of carbonyl (C=O) groups is 3. The smallest absolute Gasteiger partial charge is 0.341 e. The van der Waals surface area contributed by atoms with E-state index in [4.69, 9.17) is 5.11 Å². The van der Waals surface area contributed by atoms with Crippen molar-refractivity contribution in [3.8, 4) is 0 Å². The van der Waals surface area contributed by atoms with Gasteiger partial charge in [0.15, 0.2) is 5.82 Å². The fourth-order valence-electron chi connectivity index (χ4n) is 3.64. The molecule has 1 aromatic carbocycles. The molecule has 28 heavy (non-hydrogen) atoms. The molecule has 0 radical (unpaired) electrons. The second-order valence-electron chi connectivity index (χ2n) is 7.01. The lowest BCUT2D eigenvalue weighted by Gasteiger charge is -2.35. The first-order valence-corrected chi connectivity index (χ1v) is 8.60. The SMILES string of the molecule is CN1c2c(cc3c(=O)c(C(=O)O)cn(C4CC4)c3c2F)NC(=O)C1CC(=O)O. The molecule has 146 valence electrons. The van der Waals surface area contributed by atoms with Crippen molar-refractivity contribution >= 4 is 40.1 Å². The van der Waals surface area contributed by atoms with Gasteiger partial charge in [-0.15, -0.1) is 0 Å². The molecule has 1 unspecified atom stereocenters. The van der Waals surface area contributed by atoms with E-state index >= 15 is 4.39 Å². The Labute approximate surface area is 157 Å². The normalized spacial score (nSPS) is 18.7. The van der Waals surface area contributed by atoms with Crippen molar-refractivity contribution in [3.05, 3.63) is 33.9 Å². The molecule has 3 N–H and O–H groups in total. The number of benzene rings is 1. The molecule has 2 heterocycles. The molecule has 2 aromatic rings. The number of aromatic nitrogens is 1. The maximum Gasteiger partial charge on any atom is 0.341 e. The van der Waals surface area contributed by atoms with E-state index in [1.54, 1.807) is 0 Å². The van der Waals surface area contributed by atoms with E-state index in [-0.39, 0.29) is 28.3 Å². The first-order valence-electron chi connectivity index (χ1n) is 8.60. The van der Waals surface area contributed by atoms with Gasteiger partial charge < -0.3 is 25.0 Å². The largest absolute Gasteiger partial charge is 0.481 e. The number of nitrogens with one attached hydrogen (secondary N) is 1. The molecule has 0 bridgehead atoms. The summed E-state index contributed by atoms with van der Waals surface area (Å²) in [7, 11) is 1.41. The van der Waals surface area contributed by atoms with Crippen molar-refractivity contribution in [3.63, 3.8) is 0 Å². The van der Waals surface area contributed by atoms with Crippen molar-refractivity contribution in [2.45, 2.75) is 31.3 Å². The number of aliphatic carboxylic acids is 1. The van der Waals surface area contributed by atoms with E-state index in [0.717, 1.165) is 19.0 Å². The Morgan fingerprint density at radius 2 is 1.96 bits per heavy atom. The van der Waals surface area contributed by atoms with Crippen LogP contribution in [0.4, 0.5) is 15.8 Å². The number of halogens is 1. The van der Waals surface area contributed by atoms with E-state index in [9.17, 15) is 24.3 Å². The van der Waals surface area contributed by atoms with E-state index in [1.165, 1.54) is 22.6 Å². The Morgan fingerprint density at radius 1 is 1.29 bits per heavy atom. The molecule has 1 aliphatic heterocycles. The third kappa shape index (κ3) is 2.60. The topological polar surface area (TPSA) is 129 Å². The number of carboxylic acid groups (broad SMARTS) is 2. The quantitative estimate of drug-likeness (QED) is 0.721. The predicted octanol–water partition coefficient (Wildman–Crippen LogP) is 1.41. The highest BCUT2D eigenvalue weighted by Gasteiger charge is 2.37. The zero-order valence-corrected chi connectivity index (χ0v) is 14.7. The van der Waals surface area contributed by atoms with Crippen molar-refractivity contribution in [2.75, 3.05) is 17.3 Å². The van der Waals surface area contributed by atoms with Gasteiger partial charge in [0.2, 0.25) is 11.3 Å². The highest BCUT2D eigenvalue weighted by Crippen LogP contribution is 2.42. The van der Waals surface area contributed by atoms with Crippen molar-refractivity contribution in [1.82, 2.24) is 4.57 Å². The summed E-state index contributed by atoms with van der Waals surface area (Å²) in [6, 6.07) is 0.0238. The molecule has 1 fully saturated rings. The highest BCUT2D eigenvalue weighted by molar-refractivity contribution is 6.08. The Kier molecular flexibility index (Phi) is 3.88. The third-order valence-electron chi connectivity index (χ3n) is 5.15. The van der Waals surface area contributed by atoms with Crippen LogP contribution in [0, 0.1) is 5.82 Å². The summed E-state index contributed by atoms with van der Waals surface area (Å²) in [6.45, 7) is 0. The average molecular weight is 389 g/mol. The van der Waals surface area contributed by atoms with Crippen LogP contribution < -0.4 is 15.6 Å². The molecule has 1 saturated carbocycles. The lowest BCUT2D eigenvalue weighted by atomic mass is 10.0. The summed E-state index contributed by atoms with van der Waals surface area (Å²) in [6.07, 6.45) is 2.08. The number of aromatic carboxylic acids is 1. The molecule has 4 rings (SSSR count). The van der Waals surface area contributed by atoms with Gasteiger partial charge in [-0.1, -0.05) is 0 Å². The molecule has 0 saturated heterocycles. The van der Waals surface area contributed by atoms with Crippen LogP contribution in [0.15, 0.2) is 17.1 Å². The van der Waals surface area contributed by atoms with E-state index < -0.39 is 47.1 Å². The third-order valence-corrected chi connectivity index (χ3v) is 5.15. The molecule has 1 atom stereocenters. The van der Waals surface area contributed by atoms with Crippen LogP contribution in [0.1, 0.15) is 35.7 Å². The lowest BCUT2D eigenvalue weighted by Crippen LogP contribution is -2.47. The monoisotopic (exact) mass is 389 g/mol. The summed E-state index contributed by atoms with van der Waals surface area (Å²) in [5.41, 5.74) is -1.40. The number of amides is 1. The summed E-state index contributed by atoms with van der Waals surface area (Å²) in [5.74, 6) is -4.07. The van der Waals surface area contributed by atoms with Gasteiger partial charge in [0.1, 0.15) is 11.6 Å². The number of likely N-dealkylation sites (N-methyl/N-ethyl adjacent to an activating group) is 1. The molecule has 9 nitrogen and oxygen atoms in total. The molecule has 1 aliphatic carbocycles. The summed E-state index contributed by atoms with van der Waals surface area (Å²) >= 11 is 0. The minimum Gasteiger partial charge on any atom is -0.481 e. The Bertz CT molecular complexity index is 1120. The van der Waals surface area contributed by atoms with Crippen molar-refractivity contribution in [1.29, 1.82) is 0 Å². The second-order valence-corrected chi connectivity index (χ2v) is 7.01. The number of carbonyl (C=O) groups excluding carboxylic acids is 1. The number of rotatable bonds is 4. The van der Waals surface area contributed by atoms with Crippen LogP contribution in [-0.2, 0) is 9.59 Å².